The van der Waals surface area contributed by atoms with Gasteiger partial charge in [0, 0.05) is 30.6 Å². The highest BCUT2D eigenvalue weighted by Crippen LogP contribution is 2.28. The molecule has 2 amide bonds. The lowest BCUT2D eigenvalue weighted by molar-refractivity contribution is -0.139. The topological polar surface area (TPSA) is 58.6 Å². The molecule has 1 aromatic carbocycles. The Hall–Kier alpha value is -2.04. The monoisotopic (exact) mass is 344 g/mol. The second-order valence-electron chi connectivity index (χ2n) is 7.15. The van der Waals surface area contributed by atoms with E-state index in [2.05, 4.69) is 5.32 Å². The molecule has 1 N–H and O–H groups in total. The van der Waals surface area contributed by atoms with Crippen LogP contribution in [0.4, 0.5) is 5.69 Å². The largest absolute Gasteiger partial charge is 0.497 e. The molecule has 1 aliphatic heterocycles. The van der Waals surface area contributed by atoms with Gasteiger partial charge in [-0.2, -0.15) is 0 Å². The molecule has 0 bridgehead atoms. The molecule has 1 aromatic rings. The molecule has 5 nitrogen and oxygen atoms in total. The van der Waals surface area contributed by atoms with Gasteiger partial charge in [0.15, 0.2) is 0 Å². The van der Waals surface area contributed by atoms with Gasteiger partial charge in [-0.25, -0.2) is 0 Å². The molecule has 0 spiro atoms. The van der Waals surface area contributed by atoms with Crippen molar-refractivity contribution >= 4 is 17.5 Å². The number of ether oxygens (including phenoxy) is 1. The van der Waals surface area contributed by atoms with Gasteiger partial charge in [-0.05, 0) is 49.9 Å². The Labute approximate surface area is 149 Å². The number of amides is 2. The fourth-order valence-corrected chi connectivity index (χ4v) is 3.89. The van der Waals surface area contributed by atoms with Crippen molar-refractivity contribution in [2.45, 2.75) is 44.9 Å². The molecule has 1 saturated heterocycles. The van der Waals surface area contributed by atoms with Crippen molar-refractivity contribution in [1.82, 2.24) is 4.90 Å². The van der Waals surface area contributed by atoms with Crippen LogP contribution in [-0.2, 0) is 9.59 Å². The van der Waals surface area contributed by atoms with Crippen molar-refractivity contribution < 1.29 is 14.3 Å². The van der Waals surface area contributed by atoms with Gasteiger partial charge in [-0.15, -0.1) is 0 Å². The first-order valence-corrected chi connectivity index (χ1v) is 9.41. The number of carbonyl (C=O) groups is 2. The van der Waals surface area contributed by atoms with Gasteiger partial charge in [-0.1, -0.05) is 19.3 Å². The summed E-state index contributed by atoms with van der Waals surface area (Å²) in [6.07, 6.45) is 7.19. The fraction of sp³-hybridized carbons (Fsp3) is 0.600. The molecule has 0 unspecified atom stereocenters. The van der Waals surface area contributed by atoms with Crippen LogP contribution in [-0.4, -0.2) is 36.9 Å². The van der Waals surface area contributed by atoms with Crippen molar-refractivity contribution in [2.75, 3.05) is 25.5 Å². The number of hydrogen-bond acceptors (Lipinski definition) is 3. The number of methoxy groups -OCH3 is 1. The number of anilines is 1. The average molecular weight is 344 g/mol. The van der Waals surface area contributed by atoms with Crippen molar-refractivity contribution in [2.24, 2.45) is 11.8 Å². The van der Waals surface area contributed by atoms with Crippen LogP contribution >= 0.6 is 0 Å². The minimum absolute atomic E-state index is 0.0162. The summed E-state index contributed by atoms with van der Waals surface area (Å²) in [4.78, 5) is 27.0. The Balaban J connectivity index is 1.47. The molecule has 3 rings (SSSR count). The summed E-state index contributed by atoms with van der Waals surface area (Å²) in [7, 11) is 1.62. The van der Waals surface area contributed by atoms with E-state index in [1.54, 1.807) is 7.11 Å². The van der Waals surface area contributed by atoms with Gasteiger partial charge >= 0.3 is 0 Å². The first-order chi connectivity index (χ1) is 12.2. The zero-order chi connectivity index (χ0) is 17.6. The predicted molar refractivity (Wildman–Crippen MR) is 97.5 cm³/mol. The molecule has 25 heavy (non-hydrogen) atoms. The molecule has 0 radical (unpaired) electrons. The molecule has 136 valence electrons. The van der Waals surface area contributed by atoms with E-state index in [0.717, 1.165) is 37.1 Å². The summed E-state index contributed by atoms with van der Waals surface area (Å²) >= 11 is 0. The highest BCUT2D eigenvalue weighted by molar-refractivity contribution is 5.92. The highest BCUT2D eigenvalue weighted by Gasteiger charge is 2.31. The molecule has 5 heteroatoms. The maximum absolute atomic E-state index is 12.6. The lowest BCUT2D eigenvalue weighted by Gasteiger charge is -2.34. The van der Waals surface area contributed by atoms with E-state index >= 15 is 0 Å². The van der Waals surface area contributed by atoms with Gasteiger partial charge in [0.05, 0.1) is 7.11 Å². The smallest absolute Gasteiger partial charge is 0.227 e. The molecule has 1 heterocycles. The van der Waals surface area contributed by atoms with Crippen molar-refractivity contribution in [1.29, 1.82) is 0 Å². The Morgan fingerprint density at radius 1 is 0.960 bits per heavy atom. The van der Waals surface area contributed by atoms with Gasteiger partial charge in [-0.3, -0.25) is 9.59 Å². The average Bonchev–Trinajstić information content (AvgIpc) is 2.69. The van der Waals surface area contributed by atoms with Crippen LogP contribution in [0, 0.1) is 11.8 Å². The Morgan fingerprint density at radius 2 is 1.60 bits per heavy atom. The minimum atomic E-state index is -0.0162. The van der Waals surface area contributed by atoms with Gasteiger partial charge in [0.1, 0.15) is 5.75 Å². The third-order valence-corrected chi connectivity index (χ3v) is 5.49. The van der Waals surface area contributed by atoms with Crippen molar-refractivity contribution in [3.63, 3.8) is 0 Å². The van der Waals surface area contributed by atoms with Gasteiger partial charge in [0.25, 0.3) is 0 Å². The SMILES string of the molecule is COc1ccc(NC(=O)C2CCN(C(=O)C3CCCCC3)CC2)cc1. The van der Waals surface area contributed by atoms with Crippen LogP contribution in [0.25, 0.3) is 0 Å². The normalized spacial score (nSPS) is 19.5. The predicted octanol–water partition coefficient (Wildman–Crippen LogP) is 3.45. The lowest BCUT2D eigenvalue weighted by Crippen LogP contribution is -2.44. The second kappa shape index (κ2) is 8.37. The fourth-order valence-electron chi connectivity index (χ4n) is 3.89. The first-order valence-electron chi connectivity index (χ1n) is 9.41. The standard InChI is InChI=1S/C20H28N2O3/c1-25-18-9-7-17(8-10-18)21-19(23)15-11-13-22(14-12-15)20(24)16-5-3-2-4-6-16/h7-10,15-16H,2-6,11-14H2,1H3,(H,21,23). The van der Waals surface area contributed by atoms with Crippen LogP contribution in [0.1, 0.15) is 44.9 Å². The Bertz CT molecular complexity index is 585. The third kappa shape index (κ3) is 4.53. The molecule has 2 fully saturated rings. The van der Waals surface area contributed by atoms with Gasteiger partial charge in [0.2, 0.25) is 11.8 Å². The summed E-state index contributed by atoms with van der Waals surface area (Å²) in [5.74, 6) is 1.34. The Kier molecular flexibility index (Phi) is 5.95. The number of hydrogen-bond donors (Lipinski definition) is 1. The maximum Gasteiger partial charge on any atom is 0.227 e. The van der Waals surface area contributed by atoms with Crippen LogP contribution in [0.5, 0.6) is 5.75 Å². The van der Waals surface area contributed by atoms with Crippen molar-refractivity contribution in [3.05, 3.63) is 24.3 Å². The van der Waals surface area contributed by atoms with Crippen LogP contribution in [0.15, 0.2) is 24.3 Å². The van der Waals surface area contributed by atoms with Crippen LogP contribution in [0.2, 0.25) is 0 Å². The highest BCUT2D eigenvalue weighted by atomic mass is 16.5. The molecule has 2 aliphatic rings. The van der Waals surface area contributed by atoms with E-state index in [1.807, 2.05) is 29.2 Å². The summed E-state index contributed by atoms with van der Waals surface area (Å²) in [6.45, 7) is 1.41. The van der Waals surface area contributed by atoms with E-state index < -0.39 is 0 Å². The number of carbonyl (C=O) groups excluding carboxylic acids is 2. The minimum Gasteiger partial charge on any atom is -0.497 e. The van der Waals surface area contributed by atoms with Crippen molar-refractivity contribution in [3.8, 4) is 5.75 Å². The number of rotatable bonds is 4. The second-order valence-corrected chi connectivity index (χ2v) is 7.15. The molecule has 0 atom stereocenters. The number of likely N-dealkylation sites (tertiary alicyclic amines) is 1. The van der Waals surface area contributed by atoms with E-state index in [4.69, 9.17) is 4.74 Å². The molecule has 1 saturated carbocycles. The van der Waals surface area contributed by atoms with Crippen LogP contribution < -0.4 is 10.1 Å². The lowest BCUT2D eigenvalue weighted by atomic mass is 9.87. The first kappa shape index (κ1) is 17.8. The van der Waals surface area contributed by atoms with E-state index in [0.29, 0.717) is 19.0 Å². The number of piperidine rings is 1. The van der Waals surface area contributed by atoms with Gasteiger partial charge < -0.3 is 15.0 Å². The zero-order valence-electron chi connectivity index (χ0n) is 15.0. The summed E-state index contributed by atoms with van der Waals surface area (Å²) < 4.78 is 5.12. The summed E-state index contributed by atoms with van der Waals surface area (Å²) in [5.41, 5.74) is 0.784. The molecular weight excluding hydrogens is 316 g/mol. The number of nitrogens with one attached hydrogen (secondary N) is 1. The zero-order valence-corrected chi connectivity index (χ0v) is 15.0. The molecule has 1 aliphatic carbocycles. The Morgan fingerprint density at radius 3 is 2.20 bits per heavy atom. The summed E-state index contributed by atoms with van der Waals surface area (Å²) in [5, 5.41) is 2.97. The number of nitrogens with zero attached hydrogens (tertiary/aromatic N) is 1. The maximum atomic E-state index is 12.6. The molecular formula is C20H28N2O3. The summed E-state index contributed by atoms with van der Waals surface area (Å²) in [6, 6.07) is 7.36. The third-order valence-electron chi connectivity index (χ3n) is 5.49. The molecule has 0 aromatic heterocycles. The van der Waals surface area contributed by atoms with E-state index in [9.17, 15) is 9.59 Å². The van der Waals surface area contributed by atoms with E-state index in [-0.39, 0.29) is 17.7 Å². The van der Waals surface area contributed by atoms with Crippen LogP contribution in [0.3, 0.4) is 0 Å². The number of benzene rings is 1. The van der Waals surface area contributed by atoms with E-state index in [1.165, 1.54) is 19.3 Å². The quantitative estimate of drug-likeness (QED) is 0.910.